The molecular formula is C27H50NO14PS. The molecule has 1 fully saturated rings. The van der Waals surface area contributed by atoms with Crippen LogP contribution >= 0.6 is 6.72 Å². The van der Waals surface area contributed by atoms with Gasteiger partial charge in [0.1, 0.15) is 18.8 Å². The lowest BCUT2D eigenvalue weighted by Gasteiger charge is -2.39. The largest absolute Gasteiger partial charge is 0.463 e. The van der Waals surface area contributed by atoms with Crippen LogP contribution in [0.5, 0.6) is 0 Å². The fraction of sp³-hybridized carbons (Fsp3) is 0.852. The van der Waals surface area contributed by atoms with Gasteiger partial charge in [0.25, 0.3) is 0 Å². The van der Waals surface area contributed by atoms with Gasteiger partial charge in [-0.2, -0.15) is 0 Å². The molecule has 1 rings (SSSR count). The third-order valence-electron chi connectivity index (χ3n) is 5.95. The zero-order valence-corrected chi connectivity index (χ0v) is 28.6. The number of ether oxygens (including phenoxy) is 7. The average molecular weight is 676 g/mol. The van der Waals surface area contributed by atoms with Crippen molar-refractivity contribution in [3.8, 4) is 0 Å². The summed E-state index contributed by atoms with van der Waals surface area (Å²) in [7, 11) is 4.23. The van der Waals surface area contributed by atoms with Crippen molar-refractivity contribution in [2.75, 3.05) is 54.3 Å². The van der Waals surface area contributed by atoms with Gasteiger partial charge in [-0.15, -0.1) is 0 Å². The quantitative estimate of drug-likeness (QED) is 0.0826. The smallest absolute Gasteiger partial charge is 0.324 e. The van der Waals surface area contributed by atoms with Crippen LogP contribution < -0.4 is 5.32 Å². The second-order valence-electron chi connectivity index (χ2n) is 9.46. The molecule has 0 aliphatic carbocycles. The van der Waals surface area contributed by atoms with Crippen LogP contribution in [-0.2, 0) is 73.2 Å². The Kier molecular flexibility index (Phi) is 22.6. The molecular weight excluding hydrogens is 625 g/mol. The van der Waals surface area contributed by atoms with Crippen LogP contribution in [0.4, 0.5) is 0 Å². The molecule has 0 aromatic carbocycles. The first-order valence-corrected chi connectivity index (χ1v) is 17.0. The first-order valence-electron chi connectivity index (χ1n) is 14.4. The Bertz CT molecular complexity index is 910. The highest BCUT2D eigenvalue weighted by Crippen LogP contribution is 2.45. The molecule has 0 aromatic heterocycles. The normalized spacial score (nSPS) is 22.3. The van der Waals surface area contributed by atoms with E-state index in [4.69, 9.17) is 54.0 Å². The van der Waals surface area contributed by atoms with Gasteiger partial charge in [0, 0.05) is 74.0 Å². The lowest BCUT2D eigenvalue weighted by Crippen LogP contribution is -2.54. The van der Waals surface area contributed by atoms with E-state index in [-0.39, 0.29) is 57.6 Å². The number of nitrogens with one attached hydrogen (secondary N) is 1. The number of unbranched alkanes of at least 4 members (excludes halogenated alkanes) is 1. The summed E-state index contributed by atoms with van der Waals surface area (Å²) in [5.41, 5.74) is 0. The molecule has 0 radical (unpaired) electrons. The summed E-state index contributed by atoms with van der Waals surface area (Å²) >= 11 is 4.94. The molecule has 7 atom stereocenters. The maximum absolute atomic E-state index is 12.5. The molecule has 7 unspecified atom stereocenters. The van der Waals surface area contributed by atoms with Crippen molar-refractivity contribution in [3.63, 3.8) is 0 Å². The van der Waals surface area contributed by atoms with E-state index in [9.17, 15) is 24.1 Å². The Morgan fingerprint density at radius 3 is 2.16 bits per heavy atom. The van der Waals surface area contributed by atoms with Crippen molar-refractivity contribution in [2.45, 2.75) is 91.0 Å². The van der Waals surface area contributed by atoms with Gasteiger partial charge in [0.15, 0.2) is 12.4 Å². The third kappa shape index (κ3) is 18.3. The van der Waals surface area contributed by atoms with Gasteiger partial charge >= 0.3 is 24.6 Å². The van der Waals surface area contributed by atoms with Crippen LogP contribution in [0.25, 0.3) is 0 Å². The minimum Gasteiger partial charge on any atom is -0.463 e. The van der Waals surface area contributed by atoms with Crippen LogP contribution in [0.15, 0.2) is 0 Å². The fourth-order valence-electron chi connectivity index (χ4n) is 4.08. The van der Waals surface area contributed by atoms with Crippen molar-refractivity contribution >= 4 is 42.3 Å². The summed E-state index contributed by atoms with van der Waals surface area (Å²) in [6.45, 7) is 4.70. The number of carbonyl (C=O) groups is 4. The Hall–Kier alpha value is -1.75. The SMILES string of the molecule is CC.COCC(CNC(=O)CCCCOC1CC(OC(C)=O)C(OC(C)=O)C(COC(C)=O)O1)C(COC)OP(O)(=S)OC. The molecule has 1 amide bonds. The molecule has 1 saturated heterocycles. The monoisotopic (exact) mass is 675 g/mol. The van der Waals surface area contributed by atoms with Crippen molar-refractivity contribution in [3.05, 3.63) is 0 Å². The van der Waals surface area contributed by atoms with Gasteiger partial charge in [-0.25, -0.2) is 0 Å². The van der Waals surface area contributed by atoms with Gasteiger partial charge in [-0.1, -0.05) is 13.8 Å². The number of amides is 1. The van der Waals surface area contributed by atoms with Crippen molar-refractivity contribution < 1.29 is 66.3 Å². The van der Waals surface area contributed by atoms with Crippen LogP contribution in [0, 0.1) is 5.92 Å². The Balaban J connectivity index is 0.00000904. The molecule has 0 aromatic rings. The highest BCUT2D eigenvalue weighted by molar-refractivity contribution is 8.07. The van der Waals surface area contributed by atoms with E-state index in [1.54, 1.807) is 0 Å². The minimum absolute atomic E-state index is 0.0883. The Morgan fingerprint density at radius 2 is 1.61 bits per heavy atom. The molecule has 44 heavy (non-hydrogen) atoms. The lowest BCUT2D eigenvalue weighted by molar-refractivity contribution is -0.266. The summed E-state index contributed by atoms with van der Waals surface area (Å²) in [5.74, 6) is -2.32. The van der Waals surface area contributed by atoms with E-state index in [2.05, 4.69) is 5.32 Å². The molecule has 1 heterocycles. The molecule has 17 heteroatoms. The van der Waals surface area contributed by atoms with Crippen LogP contribution in [0.2, 0.25) is 0 Å². The summed E-state index contributed by atoms with van der Waals surface area (Å²) in [6, 6.07) is 0. The van der Waals surface area contributed by atoms with Gasteiger partial charge in [-0.3, -0.25) is 19.2 Å². The number of rotatable bonds is 20. The highest BCUT2D eigenvalue weighted by Gasteiger charge is 2.44. The van der Waals surface area contributed by atoms with Crippen LogP contribution in [0.3, 0.4) is 0 Å². The van der Waals surface area contributed by atoms with E-state index < -0.39 is 55.3 Å². The zero-order valence-electron chi connectivity index (χ0n) is 26.9. The molecule has 2 N–H and O–H groups in total. The number of carbonyl (C=O) groups excluding carboxylic acids is 4. The second-order valence-corrected chi connectivity index (χ2v) is 12.4. The summed E-state index contributed by atoms with van der Waals surface area (Å²) in [5, 5.41) is 2.83. The molecule has 258 valence electrons. The molecule has 0 saturated carbocycles. The fourth-order valence-corrected chi connectivity index (χ4v) is 5.08. The number of esters is 3. The minimum atomic E-state index is -3.46. The average Bonchev–Trinajstić information content (AvgIpc) is 2.95. The van der Waals surface area contributed by atoms with E-state index in [0.29, 0.717) is 12.8 Å². The Morgan fingerprint density at radius 1 is 0.977 bits per heavy atom. The summed E-state index contributed by atoms with van der Waals surface area (Å²) in [4.78, 5) is 57.1. The van der Waals surface area contributed by atoms with E-state index >= 15 is 0 Å². The highest BCUT2D eigenvalue weighted by atomic mass is 32.5. The van der Waals surface area contributed by atoms with Crippen molar-refractivity contribution in [1.29, 1.82) is 0 Å². The Labute approximate surface area is 265 Å². The van der Waals surface area contributed by atoms with Gasteiger partial charge < -0.3 is 52.4 Å². The zero-order chi connectivity index (χ0) is 33.7. The van der Waals surface area contributed by atoms with Gasteiger partial charge in [0.05, 0.1) is 19.3 Å². The second kappa shape index (κ2) is 23.6. The van der Waals surface area contributed by atoms with E-state index in [0.717, 1.165) is 0 Å². The number of hydrogen-bond donors (Lipinski definition) is 2. The predicted molar refractivity (Wildman–Crippen MR) is 161 cm³/mol. The lowest BCUT2D eigenvalue weighted by atomic mass is 10.0. The molecule has 0 bridgehead atoms. The maximum atomic E-state index is 12.5. The topological polar surface area (TPSA) is 184 Å². The molecule has 0 spiro atoms. The van der Waals surface area contributed by atoms with Crippen molar-refractivity contribution in [2.24, 2.45) is 5.92 Å². The maximum Gasteiger partial charge on any atom is 0.324 e. The van der Waals surface area contributed by atoms with Crippen LogP contribution in [-0.4, -0.2) is 114 Å². The van der Waals surface area contributed by atoms with E-state index in [1.807, 2.05) is 13.8 Å². The molecule has 15 nitrogen and oxygen atoms in total. The standard InChI is InChI=1S/C25H44NO14PS.C2H6/c1-16(27)36-15-22-25(38-18(3)29)20(37-17(2)28)11-24(39-22)35-10-8-7-9-23(30)26-12-19(13-32-4)21(14-33-5)40-41(31,42)34-6;1-2/h19-22,24-25H,7-15H2,1-6H3,(H,26,30)(H,31,42);1-2H3. The van der Waals surface area contributed by atoms with Gasteiger partial charge in [0.2, 0.25) is 5.91 Å². The first-order chi connectivity index (χ1) is 20.8. The van der Waals surface area contributed by atoms with E-state index in [1.165, 1.54) is 42.1 Å². The first kappa shape index (κ1) is 42.2. The number of hydrogen-bond acceptors (Lipinski definition) is 14. The van der Waals surface area contributed by atoms with Crippen molar-refractivity contribution in [1.82, 2.24) is 5.32 Å². The number of methoxy groups -OCH3 is 2. The van der Waals surface area contributed by atoms with Crippen LogP contribution in [0.1, 0.15) is 60.3 Å². The van der Waals surface area contributed by atoms with Gasteiger partial charge in [-0.05, 0) is 24.6 Å². The summed E-state index contributed by atoms with van der Waals surface area (Å²) in [6.07, 6.45) is -2.98. The molecule has 1 aliphatic rings. The summed E-state index contributed by atoms with van der Waals surface area (Å²) < 4.78 is 48.1. The third-order valence-corrected chi connectivity index (χ3v) is 7.66. The predicted octanol–water partition coefficient (Wildman–Crippen LogP) is 2.01. The molecule has 1 aliphatic heterocycles.